The lowest BCUT2D eigenvalue weighted by atomic mass is 9.99. The summed E-state index contributed by atoms with van der Waals surface area (Å²) in [6, 6.07) is 11.3. The van der Waals surface area contributed by atoms with E-state index in [1.54, 1.807) is 30.3 Å². The normalized spacial score (nSPS) is 17.7. The van der Waals surface area contributed by atoms with Crippen molar-refractivity contribution in [1.82, 2.24) is 4.31 Å². The molecule has 1 saturated heterocycles. The van der Waals surface area contributed by atoms with Crippen molar-refractivity contribution in [1.29, 1.82) is 0 Å². The van der Waals surface area contributed by atoms with Gasteiger partial charge in [0.1, 0.15) is 5.75 Å². The van der Waals surface area contributed by atoms with Gasteiger partial charge in [-0.1, -0.05) is 29.3 Å². The number of carbonyl (C=O) groups is 1. The minimum absolute atomic E-state index is 0.0850. The van der Waals surface area contributed by atoms with Crippen molar-refractivity contribution in [2.75, 3.05) is 25.0 Å². The number of nitrogens with one attached hydrogen (secondary N) is 1. The topological polar surface area (TPSA) is 75.7 Å². The third-order valence-corrected chi connectivity index (χ3v) is 7.08. The Hall–Kier alpha value is -1.80. The Morgan fingerprint density at radius 3 is 2.72 bits per heavy atom. The molecular weight excluding hydrogens is 435 g/mol. The minimum Gasteiger partial charge on any atom is -0.492 e. The van der Waals surface area contributed by atoms with Gasteiger partial charge in [-0.25, -0.2) is 8.42 Å². The molecule has 2 aromatic rings. The second-order valence-corrected chi connectivity index (χ2v) is 9.51. The molecule has 1 heterocycles. The molecule has 0 radical (unpaired) electrons. The monoisotopic (exact) mass is 456 g/mol. The fraction of sp³-hybridized carbons (Fsp3) is 0.350. The first kappa shape index (κ1) is 21.9. The number of halogens is 2. The van der Waals surface area contributed by atoms with E-state index in [-0.39, 0.29) is 22.4 Å². The zero-order valence-corrected chi connectivity index (χ0v) is 18.2. The third kappa shape index (κ3) is 5.22. The van der Waals surface area contributed by atoms with Gasteiger partial charge in [-0.2, -0.15) is 4.31 Å². The number of benzene rings is 2. The Morgan fingerprint density at radius 1 is 1.24 bits per heavy atom. The Balaban J connectivity index is 1.73. The van der Waals surface area contributed by atoms with E-state index < -0.39 is 15.9 Å². The number of piperidine rings is 1. The van der Waals surface area contributed by atoms with Crippen molar-refractivity contribution >= 4 is 44.8 Å². The fourth-order valence-electron chi connectivity index (χ4n) is 3.25. The van der Waals surface area contributed by atoms with Crippen molar-refractivity contribution in [2.45, 2.75) is 24.7 Å². The first-order valence-electron chi connectivity index (χ1n) is 9.30. The smallest absolute Gasteiger partial charge is 0.243 e. The predicted molar refractivity (Wildman–Crippen MR) is 114 cm³/mol. The molecule has 1 aliphatic rings. The summed E-state index contributed by atoms with van der Waals surface area (Å²) in [6.45, 7) is 2.72. The fourth-order valence-corrected chi connectivity index (χ4v) is 5.29. The predicted octanol–water partition coefficient (Wildman–Crippen LogP) is 4.43. The number of hydrogen-bond donors (Lipinski definition) is 1. The molecule has 0 saturated carbocycles. The van der Waals surface area contributed by atoms with Crippen LogP contribution in [0.3, 0.4) is 0 Å². The molecule has 1 atom stereocenters. The van der Waals surface area contributed by atoms with Gasteiger partial charge in [0, 0.05) is 23.8 Å². The van der Waals surface area contributed by atoms with Crippen LogP contribution in [-0.2, 0) is 14.8 Å². The van der Waals surface area contributed by atoms with Gasteiger partial charge in [-0.05, 0) is 56.2 Å². The summed E-state index contributed by atoms with van der Waals surface area (Å²) >= 11 is 12.1. The van der Waals surface area contributed by atoms with Crippen LogP contribution in [-0.4, -0.2) is 38.3 Å². The van der Waals surface area contributed by atoms with Crippen LogP contribution in [0.1, 0.15) is 19.8 Å². The standard InChI is InChI=1S/C20H22Cl2N2O4S/c1-2-28-19-9-8-17(12-18(19)22)29(26,27)24-10-4-5-14(13-24)20(25)23-16-7-3-6-15(21)11-16/h3,6-9,11-12,14H,2,4-5,10,13H2,1H3,(H,23,25)/t14-/m1/s1. The van der Waals surface area contributed by atoms with E-state index in [1.165, 1.54) is 16.4 Å². The number of rotatable bonds is 6. The zero-order valence-electron chi connectivity index (χ0n) is 15.9. The largest absolute Gasteiger partial charge is 0.492 e. The average Bonchev–Trinajstić information content (AvgIpc) is 2.69. The number of anilines is 1. The van der Waals surface area contributed by atoms with E-state index in [4.69, 9.17) is 27.9 Å². The number of hydrogen-bond acceptors (Lipinski definition) is 4. The maximum absolute atomic E-state index is 13.1. The summed E-state index contributed by atoms with van der Waals surface area (Å²) in [4.78, 5) is 12.7. The number of ether oxygens (including phenoxy) is 1. The van der Waals surface area contributed by atoms with E-state index in [0.717, 1.165) is 0 Å². The molecule has 9 heteroatoms. The molecule has 1 fully saturated rings. The molecule has 0 bridgehead atoms. The number of sulfonamides is 1. The molecule has 1 amide bonds. The van der Waals surface area contributed by atoms with Gasteiger partial charge in [0.2, 0.25) is 15.9 Å². The molecule has 0 spiro atoms. The van der Waals surface area contributed by atoms with Crippen molar-refractivity contribution in [3.05, 3.63) is 52.5 Å². The van der Waals surface area contributed by atoms with E-state index >= 15 is 0 Å². The minimum atomic E-state index is -3.77. The molecule has 0 unspecified atom stereocenters. The Bertz CT molecular complexity index is 998. The molecule has 156 valence electrons. The van der Waals surface area contributed by atoms with Gasteiger partial charge in [-0.15, -0.1) is 0 Å². The summed E-state index contributed by atoms with van der Waals surface area (Å²) in [5, 5.41) is 3.57. The van der Waals surface area contributed by atoms with E-state index in [0.29, 0.717) is 42.5 Å². The van der Waals surface area contributed by atoms with Gasteiger partial charge in [0.15, 0.2) is 0 Å². The lowest BCUT2D eigenvalue weighted by molar-refractivity contribution is -0.120. The zero-order chi connectivity index (χ0) is 21.0. The third-order valence-electron chi connectivity index (χ3n) is 4.69. The lowest BCUT2D eigenvalue weighted by Gasteiger charge is -2.31. The second kappa shape index (κ2) is 9.34. The molecule has 0 aliphatic carbocycles. The molecule has 1 N–H and O–H groups in total. The first-order valence-corrected chi connectivity index (χ1v) is 11.5. The molecule has 29 heavy (non-hydrogen) atoms. The van der Waals surface area contributed by atoms with E-state index in [2.05, 4.69) is 5.32 Å². The molecule has 0 aromatic heterocycles. The molecule has 3 rings (SSSR count). The average molecular weight is 457 g/mol. The van der Waals surface area contributed by atoms with Gasteiger partial charge in [0.25, 0.3) is 0 Å². The number of nitrogens with zero attached hydrogens (tertiary/aromatic N) is 1. The maximum Gasteiger partial charge on any atom is 0.243 e. The highest BCUT2D eigenvalue weighted by molar-refractivity contribution is 7.89. The SMILES string of the molecule is CCOc1ccc(S(=O)(=O)N2CCC[C@@H](C(=O)Nc3cccc(Cl)c3)C2)cc1Cl. The van der Waals surface area contributed by atoms with Gasteiger partial charge in [0.05, 0.1) is 22.4 Å². The van der Waals surface area contributed by atoms with Crippen LogP contribution < -0.4 is 10.1 Å². The Labute approximate surface area is 180 Å². The van der Waals surface area contributed by atoms with Crippen LogP contribution in [0.2, 0.25) is 10.0 Å². The van der Waals surface area contributed by atoms with Crippen molar-refractivity contribution in [2.24, 2.45) is 5.92 Å². The van der Waals surface area contributed by atoms with Crippen LogP contribution in [0.4, 0.5) is 5.69 Å². The Morgan fingerprint density at radius 2 is 2.03 bits per heavy atom. The van der Waals surface area contributed by atoms with Crippen LogP contribution in [0.25, 0.3) is 0 Å². The van der Waals surface area contributed by atoms with Gasteiger partial charge < -0.3 is 10.1 Å². The van der Waals surface area contributed by atoms with Crippen LogP contribution in [0.15, 0.2) is 47.4 Å². The number of carbonyl (C=O) groups excluding carboxylic acids is 1. The van der Waals surface area contributed by atoms with E-state index in [1.807, 2.05) is 6.92 Å². The summed E-state index contributed by atoms with van der Waals surface area (Å²) < 4.78 is 32.8. The second-order valence-electron chi connectivity index (χ2n) is 6.73. The highest BCUT2D eigenvalue weighted by Gasteiger charge is 2.33. The van der Waals surface area contributed by atoms with Crippen molar-refractivity contribution in [3.63, 3.8) is 0 Å². The molecule has 1 aliphatic heterocycles. The maximum atomic E-state index is 13.1. The highest BCUT2D eigenvalue weighted by atomic mass is 35.5. The first-order chi connectivity index (χ1) is 13.8. The van der Waals surface area contributed by atoms with E-state index in [9.17, 15) is 13.2 Å². The van der Waals surface area contributed by atoms with Crippen LogP contribution >= 0.6 is 23.2 Å². The van der Waals surface area contributed by atoms with Crippen molar-refractivity contribution < 1.29 is 17.9 Å². The van der Waals surface area contributed by atoms with Gasteiger partial charge >= 0.3 is 0 Å². The van der Waals surface area contributed by atoms with Gasteiger partial charge in [-0.3, -0.25) is 4.79 Å². The Kier molecular flexibility index (Phi) is 7.05. The number of amides is 1. The summed E-state index contributed by atoms with van der Waals surface area (Å²) in [7, 11) is -3.77. The lowest BCUT2D eigenvalue weighted by Crippen LogP contribution is -2.43. The summed E-state index contributed by atoms with van der Waals surface area (Å²) in [5.41, 5.74) is 0.584. The summed E-state index contributed by atoms with van der Waals surface area (Å²) in [6.07, 6.45) is 1.21. The molecule has 2 aromatic carbocycles. The van der Waals surface area contributed by atoms with Crippen LogP contribution in [0, 0.1) is 5.92 Å². The van der Waals surface area contributed by atoms with Crippen molar-refractivity contribution in [3.8, 4) is 5.75 Å². The molecule has 6 nitrogen and oxygen atoms in total. The molecular formula is C20H22Cl2N2O4S. The van der Waals surface area contributed by atoms with Crippen LogP contribution in [0.5, 0.6) is 5.75 Å². The quantitative estimate of drug-likeness (QED) is 0.697. The highest BCUT2D eigenvalue weighted by Crippen LogP contribution is 2.30. The summed E-state index contributed by atoms with van der Waals surface area (Å²) in [5.74, 6) is -0.238.